The minimum atomic E-state index is -1.39. The van der Waals surface area contributed by atoms with Crippen LogP contribution in [0.15, 0.2) is 29.2 Å². The van der Waals surface area contributed by atoms with E-state index in [1.807, 2.05) is 20.8 Å². The Labute approximate surface area is 110 Å². The van der Waals surface area contributed by atoms with Gasteiger partial charge >= 0.3 is 0 Å². The van der Waals surface area contributed by atoms with Crippen LogP contribution in [0.2, 0.25) is 0 Å². The van der Waals surface area contributed by atoms with Crippen molar-refractivity contribution < 1.29 is 17.9 Å². The van der Waals surface area contributed by atoms with E-state index in [9.17, 15) is 4.21 Å². The van der Waals surface area contributed by atoms with E-state index in [0.717, 1.165) is 12.4 Å². The highest BCUT2D eigenvalue weighted by atomic mass is 32.2. The fourth-order valence-corrected chi connectivity index (χ4v) is 2.32. The molecule has 2 unspecified atom stereocenters. The second-order valence-electron chi connectivity index (χ2n) is 4.64. The van der Waals surface area contributed by atoms with Crippen LogP contribution in [0.25, 0.3) is 0 Å². The third-order valence-electron chi connectivity index (χ3n) is 2.73. The molecule has 0 aliphatic carbocycles. The largest absolute Gasteiger partial charge is 0.485 e. The fraction of sp³-hybridized carbons (Fsp3) is 0.538. The van der Waals surface area contributed by atoms with Gasteiger partial charge in [0.1, 0.15) is 17.5 Å². The van der Waals surface area contributed by atoms with Crippen LogP contribution in [0.4, 0.5) is 0 Å². The second-order valence-corrected chi connectivity index (χ2v) is 5.82. The molecular weight excluding hydrogens is 252 g/mol. The van der Waals surface area contributed by atoms with E-state index in [2.05, 4.69) is 0 Å². The lowest BCUT2D eigenvalue weighted by molar-refractivity contribution is 0.0743. The molecule has 0 radical (unpaired) electrons. The van der Waals surface area contributed by atoms with Gasteiger partial charge in [0.2, 0.25) is 0 Å². The van der Waals surface area contributed by atoms with E-state index in [1.165, 1.54) is 0 Å². The molecule has 5 heteroatoms. The number of epoxide rings is 1. The minimum Gasteiger partial charge on any atom is -0.485 e. The molecule has 0 saturated carbocycles. The SMILES string of the molecule is CCOS(=O)c1ccc(OC(C)(C)C2CO2)cc1. The Hall–Kier alpha value is -0.910. The van der Waals surface area contributed by atoms with Crippen molar-refractivity contribution in [3.05, 3.63) is 24.3 Å². The molecule has 100 valence electrons. The first-order chi connectivity index (χ1) is 8.53. The van der Waals surface area contributed by atoms with Crippen LogP contribution in [0.5, 0.6) is 5.75 Å². The van der Waals surface area contributed by atoms with Crippen LogP contribution in [0.1, 0.15) is 20.8 Å². The summed E-state index contributed by atoms with van der Waals surface area (Å²) in [6.45, 7) is 6.98. The van der Waals surface area contributed by atoms with Crippen molar-refractivity contribution in [1.29, 1.82) is 0 Å². The molecule has 18 heavy (non-hydrogen) atoms. The number of hydrogen-bond acceptors (Lipinski definition) is 4. The average molecular weight is 270 g/mol. The standard InChI is InChI=1S/C13H18O4S/c1-4-16-18(14)11-7-5-10(6-8-11)17-13(2,3)12-9-15-12/h5-8,12H,4,9H2,1-3H3. The summed E-state index contributed by atoms with van der Waals surface area (Å²) in [5.41, 5.74) is -0.333. The minimum absolute atomic E-state index is 0.162. The molecule has 1 aliphatic rings. The predicted molar refractivity (Wildman–Crippen MR) is 68.9 cm³/mol. The molecule has 1 aromatic rings. The van der Waals surface area contributed by atoms with E-state index in [0.29, 0.717) is 11.5 Å². The first-order valence-electron chi connectivity index (χ1n) is 5.98. The molecule has 0 bridgehead atoms. The Morgan fingerprint density at radius 1 is 1.39 bits per heavy atom. The van der Waals surface area contributed by atoms with Crippen molar-refractivity contribution >= 4 is 11.1 Å². The molecule has 1 saturated heterocycles. The summed E-state index contributed by atoms with van der Waals surface area (Å²) in [6.07, 6.45) is 0.162. The Morgan fingerprint density at radius 3 is 2.50 bits per heavy atom. The zero-order chi connectivity index (χ0) is 13.2. The van der Waals surface area contributed by atoms with Crippen molar-refractivity contribution in [2.24, 2.45) is 0 Å². The molecule has 1 heterocycles. The van der Waals surface area contributed by atoms with Crippen LogP contribution in [-0.2, 0) is 20.0 Å². The second kappa shape index (κ2) is 5.38. The van der Waals surface area contributed by atoms with Gasteiger partial charge in [-0.1, -0.05) is 0 Å². The summed E-state index contributed by atoms with van der Waals surface area (Å²) < 4.78 is 27.7. The van der Waals surface area contributed by atoms with E-state index < -0.39 is 11.1 Å². The molecule has 2 atom stereocenters. The quantitative estimate of drug-likeness (QED) is 0.744. The van der Waals surface area contributed by atoms with Crippen LogP contribution in [-0.4, -0.2) is 29.1 Å². The van der Waals surface area contributed by atoms with Gasteiger partial charge in [-0.2, -0.15) is 0 Å². The summed E-state index contributed by atoms with van der Waals surface area (Å²) in [4.78, 5) is 0.643. The highest BCUT2D eigenvalue weighted by Crippen LogP contribution is 2.29. The van der Waals surface area contributed by atoms with Gasteiger partial charge in [0.15, 0.2) is 11.1 Å². The van der Waals surface area contributed by atoms with Crippen LogP contribution < -0.4 is 4.74 Å². The van der Waals surface area contributed by atoms with Gasteiger partial charge in [-0.05, 0) is 45.0 Å². The summed E-state index contributed by atoms with van der Waals surface area (Å²) in [5, 5.41) is 0. The lowest BCUT2D eigenvalue weighted by atomic mass is 10.1. The van der Waals surface area contributed by atoms with E-state index in [1.54, 1.807) is 24.3 Å². The van der Waals surface area contributed by atoms with E-state index >= 15 is 0 Å². The van der Waals surface area contributed by atoms with Crippen molar-refractivity contribution in [2.45, 2.75) is 37.4 Å². The van der Waals surface area contributed by atoms with Crippen molar-refractivity contribution in [2.75, 3.05) is 13.2 Å². The van der Waals surface area contributed by atoms with E-state index in [-0.39, 0.29) is 11.7 Å². The molecule has 2 rings (SSSR count). The summed E-state index contributed by atoms with van der Waals surface area (Å²) in [6, 6.07) is 7.11. The summed E-state index contributed by atoms with van der Waals surface area (Å²) in [7, 11) is 0. The third kappa shape index (κ3) is 3.31. The maximum absolute atomic E-state index is 11.6. The highest BCUT2D eigenvalue weighted by Gasteiger charge is 2.41. The molecular formula is C13H18O4S. The Morgan fingerprint density at radius 2 is 2.00 bits per heavy atom. The van der Waals surface area contributed by atoms with Crippen LogP contribution in [0, 0.1) is 0 Å². The van der Waals surface area contributed by atoms with Gasteiger partial charge < -0.3 is 9.47 Å². The number of rotatable bonds is 6. The highest BCUT2D eigenvalue weighted by molar-refractivity contribution is 7.80. The number of hydrogen-bond donors (Lipinski definition) is 0. The van der Waals surface area contributed by atoms with Crippen LogP contribution in [0.3, 0.4) is 0 Å². The smallest absolute Gasteiger partial charge is 0.189 e. The lowest BCUT2D eigenvalue weighted by Crippen LogP contribution is -2.34. The maximum Gasteiger partial charge on any atom is 0.189 e. The maximum atomic E-state index is 11.6. The van der Waals surface area contributed by atoms with Gasteiger partial charge in [-0.15, -0.1) is 0 Å². The van der Waals surface area contributed by atoms with Gasteiger partial charge in [-0.25, -0.2) is 4.21 Å². The molecule has 0 aromatic heterocycles. The third-order valence-corrected chi connectivity index (χ3v) is 3.84. The molecule has 1 fully saturated rings. The molecule has 4 nitrogen and oxygen atoms in total. The van der Waals surface area contributed by atoms with Crippen molar-refractivity contribution in [3.63, 3.8) is 0 Å². The number of benzene rings is 1. The number of ether oxygens (including phenoxy) is 2. The van der Waals surface area contributed by atoms with Gasteiger partial charge in [0.25, 0.3) is 0 Å². The monoisotopic (exact) mass is 270 g/mol. The molecule has 0 amide bonds. The predicted octanol–water partition coefficient (Wildman–Crippen LogP) is 2.30. The molecule has 1 aliphatic heterocycles. The van der Waals surface area contributed by atoms with Gasteiger partial charge in [0, 0.05) is 0 Å². The zero-order valence-electron chi connectivity index (χ0n) is 10.8. The first-order valence-corrected chi connectivity index (χ1v) is 7.06. The molecule has 0 N–H and O–H groups in total. The molecule has 1 aromatic carbocycles. The van der Waals surface area contributed by atoms with Gasteiger partial charge in [0.05, 0.1) is 18.1 Å². The Kier molecular flexibility index (Phi) is 4.04. The van der Waals surface area contributed by atoms with E-state index in [4.69, 9.17) is 13.7 Å². The normalized spacial score (nSPS) is 20.5. The Balaban J connectivity index is 2.01. The van der Waals surface area contributed by atoms with Crippen molar-refractivity contribution in [1.82, 2.24) is 0 Å². The Bertz CT molecular complexity index is 423. The van der Waals surface area contributed by atoms with Gasteiger partial charge in [-0.3, -0.25) is 4.18 Å². The average Bonchev–Trinajstić information content (AvgIpc) is 3.13. The first kappa shape index (κ1) is 13.5. The summed E-state index contributed by atoms with van der Waals surface area (Å²) in [5.74, 6) is 0.743. The fourth-order valence-electron chi connectivity index (χ4n) is 1.61. The lowest BCUT2D eigenvalue weighted by Gasteiger charge is -2.24. The molecule has 0 spiro atoms. The topological polar surface area (TPSA) is 48.1 Å². The van der Waals surface area contributed by atoms with Crippen molar-refractivity contribution in [3.8, 4) is 5.75 Å². The zero-order valence-corrected chi connectivity index (χ0v) is 11.7. The summed E-state index contributed by atoms with van der Waals surface area (Å²) >= 11 is -1.39. The van der Waals surface area contributed by atoms with Crippen LogP contribution >= 0.6 is 0 Å².